The van der Waals surface area contributed by atoms with Crippen LogP contribution in [-0.4, -0.2) is 80.5 Å². The predicted octanol–water partition coefficient (Wildman–Crippen LogP) is 6.09. The molecule has 2 heterocycles. The number of carbonyl (C=O) groups is 1. The molecule has 3 N–H and O–H groups in total. The van der Waals surface area contributed by atoms with Crippen molar-refractivity contribution in [1.29, 1.82) is 0 Å². The minimum absolute atomic E-state index is 0.104. The maximum atomic E-state index is 13.8. The quantitative estimate of drug-likeness (QED) is 0.258. The average Bonchev–Trinajstić information content (AvgIpc) is 3.68. The summed E-state index contributed by atoms with van der Waals surface area (Å²) in [6.45, 7) is 10.4. The fraction of sp³-hybridized carbons (Fsp3) is 0.595. The van der Waals surface area contributed by atoms with Crippen LogP contribution in [0.25, 0.3) is 0 Å². The van der Waals surface area contributed by atoms with Crippen molar-refractivity contribution in [3.05, 3.63) is 71.2 Å². The molecule has 1 aliphatic carbocycles. The second kappa shape index (κ2) is 17.1. The maximum Gasteiger partial charge on any atom is 0.320 e. The summed E-state index contributed by atoms with van der Waals surface area (Å²) in [5.41, 5.74) is 7.62. The number of hydrogen-bond donors (Lipinski definition) is 3. The SMILES string of the molecule is CCN1NC(Cc2ccc(OC)c(OC)c2)C=C1C1CCN(CC2CCC[C@@H]2c2cccc(F)c2)CC1.CNC(C(=O)O)C(C)C. The number of hydrazine groups is 1. The van der Waals surface area contributed by atoms with Gasteiger partial charge in [-0.05, 0) is 118 Å². The lowest BCUT2D eigenvalue weighted by atomic mass is 9.87. The second-order valence-electron chi connectivity index (χ2n) is 13.2. The molecule has 1 saturated carbocycles. The number of benzene rings is 2. The third-order valence-electron chi connectivity index (χ3n) is 9.90. The van der Waals surface area contributed by atoms with E-state index in [1.54, 1.807) is 33.4 Å². The van der Waals surface area contributed by atoms with Crippen LogP contribution < -0.4 is 20.2 Å². The molecule has 2 aliphatic heterocycles. The standard InChI is InChI=1S/C31H42FN3O2.C6H13NO2/c1-4-35-29(20-27(33-35)17-22-11-12-30(36-2)31(18-22)37-3)23-13-15-34(16-14-23)21-25-8-6-10-28(25)24-7-5-9-26(32)19-24;1-4(2)5(7-3)6(8)9/h5,7,9,11-12,18-20,23,25,27-28,33H,4,6,8,10,13-17,21H2,1-3H3;4-5,7H,1-3H3,(H,8,9)/t25?,27?,28-;/m1./s1. The number of carboxylic acids is 1. The summed E-state index contributed by atoms with van der Waals surface area (Å²) in [6, 6.07) is 13.4. The molecule has 3 aliphatic rings. The smallest absolute Gasteiger partial charge is 0.320 e. The average molecular weight is 639 g/mol. The Balaban J connectivity index is 0.000000468. The van der Waals surface area contributed by atoms with E-state index in [2.05, 4.69) is 51.9 Å². The first-order valence-corrected chi connectivity index (χ1v) is 17.0. The van der Waals surface area contributed by atoms with Gasteiger partial charge in [0, 0.05) is 24.7 Å². The van der Waals surface area contributed by atoms with Gasteiger partial charge >= 0.3 is 5.97 Å². The molecule has 8 nitrogen and oxygen atoms in total. The number of piperidine rings is 1. The van der Waals surface area contributed by atoms with Gasteiger partial charge in [0.15, 0.2) is 11.5 Å². The molecule has 0 spiro atoms. The molecule has 9 heteroatoms. The number of halogens is 1. The fourth-order valence-electron chi connectivity index (χ4n) is 7.52. The Morgan fingerprint density at radius 1 is 1.07 bits per heavy atom. The van der Waals surface area contributed by atoms with Gasteiger partial charge in [-0.2, -0.15) is 0 Å². The van der Waals surface area contributed by atoms with Crippen molar-refractivity contribution in [3.8, 4) is 11.5 Å². The highest BCUT2D eigenvalue weighted by atomic mass is 19.1. The summed E-state index contributed by atoms with van der Waals surface area (Å²) in [7, 11) is 5.01. The zero-order valence-electron chi connectivity index (χ0n) is 28.6. The predicted molar refractivity (Wildman–Crippen MR) is 182 cm³/mol. The molecule has 46 heavy (non-hydrogen) atoms. The molecule has 0 bridgehead atoms. The third kappa shape index (κ3) is 9.23. The summed E-state index contributed by atoms with van der Waals surface area (Å²) in [4.78, 5) is 13.0. The van der Waals surface area contributed by atoms with Gasteiger partial charge in [0.2, 0.25) is 0 Å². The molecular weight excluding hydrogens is 583 g/mol. The first-order valence-electron chi connectivity index (χ1n) is 17.0. The number of methoxy groups -OCH3 is 2. The Morgan fingerprint density at radius 3 is 2.39 bits per heavy atom. The molecular formula is C37H55FN4O4. The van der Waals surface area contributed by atoms with E-state index >= 15 is 0 Å². The van der Waals surface area contributed by atoms with Crippen LogP contribution in [0.2, 0.25) is 0 Å². The van der Waals surface area contributed by atoms with Crippen LogP contribution in [-0.2, 0) is 11.2 Å². The van der Waals surface area contributed by atoms with Crippen molar-refractivity contribution in [2.24, 2.45) is 17.8 Å². The van der Waals surface area contributed by atoms with Crippen LogP contribution in [0, 0.1) is 23.6 Å². The Bertz CT molecular complexity index is 1300. The maximum absolute atomic E-state index is 13.8. The molecule has 1 saturated heterocycles. The minimum Gasteiger partial charge on any atom is -0.493 e. The van der Waals surface area contributed by atoms with Crippen molar-refractivity contribution in [2.45, 2.75) is 77.3 Å². The summed E-state index contributed by atoms with van der Waals surface area (Å²) in [6.07, 6.45) is 9.48. The first kappa shape index (κ1) is 35.7. The van der Waals surface area contributed by atoms with Gasteiger partial charge in [-0.3, -0.25) is 4.79 Å². The molecule has 4 atom stereocenters. The molecule has 0 aromatic heterocycles. The first-order chi connectivity index (χ1) is 22.2. The van der Waals surface area contributed by atoms with E-state index in [1.807, 2.05) is 26.0 Å². The Hall–Kier alpha value is -3.14. The van der Waals surface area contributed by atoms with Gasteiger partial charge in [0.1, 0.15) is 11.9 Å². The normalized spacial score (nSPS) is 22.7. The second-order valence-corrected chi connectivity index (χ2v) is 13.2. The van der Waals surface area contributed by atoms with E-state index in [-0.39, 0.29) is 17.8 Å². The van der Waals surface area contributed by atoms with Gasteiger partial charge in [0.25, 0.3) is 0 Å². The molecule has 5 rings (SSSR count). The molecule has 2 aromatic carbocycles. The van der Waals surface area contributed by atoms with E-state index in [1.165, 1.54) is 48.9 Å². The van der Waals surface area contributed by atoms with Crippen molar-refractivity contribution in [3.63, 3.8) is 0 Å². The number of nitrogens with one attached hydrogen (secondary N) is 2. The zero-order chi connectivity index (χ0) is 33.2. The van der Waals surface area contributed by atoms with Crippen LogP contribution >= 0.6 is 0 Å². The summed E-state index contributed by atoms with van der Waals surface area (Å²) < 4.78 is 24.7. The highest BCUT2D eigenvalue weighted by molar-refractivity contribution is 5.73. The number of likely N-dealkylation sites (N-methyl/N-ethyl adjacent to an activating group) is 1. The highest BCUT2D eigenvalue weighted by Gasteiger charge is 2.34. The number of hydrogen-bond acceptors (Lipinski definition) is 7. The summed E-state index contributed by atoms with van der Waals surface area (Å²) in [5, 5.41) is 13.5. The van der Waals surface area contributed by atoms with Crippen molar-refractivity contribution in [1.82, 2.24) is 20.7 Å². The zero-order valence-corrected chi connectivity index (χ0v) is 28.6. The molecule has 254 valence electrons. The van der Waals surface area contributed by atoms with E-state index in [0.717, 1.165) is 44.1 Å². The van der Waals surface area contributed by atoms with Crippen molar-refractivity contribution in [2.75, 3.05) is 47.4 Å². The Morgan fingerprint density at radius 2 is 1.80 bits per heavy atom. The Labute approximate surface area is 275 Å². The molecule has 2 aromatic rings. The summed E-state index contributed by atoms with van der Waals surface area (Å²) in [5.74, 6) is 2.55. The Kier molecular flexibility index (Phi) is 13.3. The molecule has 0 amide bonds. The largest absolute Gasteiger partial charge is 0.493 e. The number of carboxylic acid groups (broad SMARTS) is 1. The number of rotatable bonds is 12. The number of likely N-dealkylation sites (tertiary alicyclic amines) is 1. The number of aliphatic carboxylic acids is 1. The van der Waals surface area contributed by atoms with Crippen LogP contribution in [0.5, 0.6) is 11.5 Å². The molecule has 3 unspecified atom stereocenters. The van der Waals surface area contributed by atoms with E-state index in [9.17, 15) is 9.18 Å². The number of allylic oxidation sites excluding steroid dienone is 1. The van der Waals surface area contributed by atoms with Gasteiger partial charge < -0.3 is 29.8 Å². The van der Waals surface area contributed by atoms with Crippen LogP contribution in [0.15, 0.2) is 54.2 Å². The summed E-state index contributed by atoms with van der Waals surface area (Å²) >= 11 is 0. The van der Waals surface area contributed by atoms with E-state index < -0.39 is 12.0 Å². The van der Waals surface area contributed by atoms with Crippen LogP contribution in [0.1, 0.15) is 69.9 Å². The lowest BCUT2D eigenvalue weighted by molar-refractivity contribution is -0.140. The van der Waals surface area contributed by atoms with Crippen LogP contribution in [0.3, 0.4) is 0 Å². The number of nitrogens with zero attached hydrogens (tertiary/aromatic N) is 2. The minimum atomic E-state index is -0.785. The molecule has 0 radical (unpaired) electrons. The van der Waals surface area contributed by atoms with Gasteiger partial charge in [-0.15, -0.1) is 0 Å². The van der Waals surface area contributed by atoms with Crippen molar-refractivity contribution < 1.29 is 23.8 Å². The lowest BCUT2D eigenvalue weighted by Crippen LogP contribution is -2.42. The third-order valence-corrected chi connectivity index (χ3v) is 9.90. The van der Waals surface area contributed by atoms with Gasteiger partial charge in [-0.1, -0.05) is 38.5 Å². The monoisotopic (exact) mass is 638 g/mol. The van der Waals surface area contributed by atoms with Crippen molar-refractivity contribution >= 4 is 5.97 Å². The highest BCUT2D eigenvalue weighted by Crippen LogP contribution is 2.41. The van der Waals surface area contributed by atoms with E-state index in [0.29, 0.717) is 17.8 Å². The molecule has 2 fully saturated rings. The van der Waals surface area contributed by atoms with Crippen LogP contribution in [0.4, 0.5) is 4.39 Å². The number of ether oxygens (including phenoxy) is 2. The fourth-order valence-corrected chi connectivity index (χ4v) is 7.52. The van der Waals surface area contributed by atoms with Gasteiger partial charge in [-0.25, -0.2) is 9.82 Å². The lowest BCUT2D eigenvalue weighted by Gasteiger charge is -2.37. The van der Waals surface area contributed by atoms with E-state index in [4.69, 9.17) is 14.6 Å². The topological polar surface area (TPSA) is 86.3 Å². The van der Waals surface area contributed by atoms with Gasteiger partial charge in [0.05, 0.1) is 20.3 Å².